The van der Waals surface area contributed by atoms with Crippen LogP contribution in [-0.2, 0) is 0 Å². The Hall–Kier alpha value is -1.26. The van der Waals surface area contributed by atoms with E-state index >= 15 is 0 Å². The van der Waals surface area contributed by atoms with Crippen LogP contribution in [0.15, 0.2) is 34.8 Å². The highest BCUT2D eigenvalue weighted by atomic mass is 79.9. The largest absolute Gasteiger partial charge is 0.320 e. The van der Waals surface area contributed by atoms with Gasteiger partial charge in [0.2, 0.25) is 0 Å². The van der Waals surface area contributed by atoms with Gasteiger partial charge in [0.15, 0.2) is 0 Å². The molecule has 0 spiro atoms. The van der Waals surface area contributed by atoms with Crippen molar-refractivity contribution in [3.63, 3.8) is 0 Å². The predicted molar refractivity (Wildman–Crippen MR) is 76.0 cm³/mol. The Labute approximate surface area is 119 Å². The van der Waals surface area contributed by atoms with Crippen molar-refractivity contribution in [3.05, 3.63) is 68.7 Å². The van der Waals surface area contributed by atoms with Gasteiger partial charge in [-0.1, -0.05) is 34.1 Å². The zero-order valence-corrected chi connectivity index (χ0v) is 12.3. The van der Waals surface area contributed by atoms with Gasteiger partial charge in [0.05, 0.1) is 6.04 Å². The van der Waals surface area contributed by atoms with E-state index in [1.54, 1.807) is 6.07 Å². The number of nitrogens with two attached hydrogens (primary N) is 1. The quantitative estimate of drug-likeness (QED) is 0.870. The molecule has 4 heteroatoms. The molecule has 0 aliphatic heterocycles. The topological polar surface area (TPSA) is 26.0 Å². The summed E-state index contributed by atoms with van der Waals surface area (Å²) in [7, 11) is 0. The van der Waals surface area contributed by atoms with Crippen LogP contribution in [0.3, 0.4) is 0 Å². The minimum atomic E-state index is -0.813. The van der Waals surface area contributed by atoms with Crippen molar-refractivity contribution in [3.8, 4) is 0 Å². The van der Waals surface area contributed by atoms with Gasteiger partial charge >= 0.3 is 0 Å². The van der Waals surface area contributed by atoms with E-state index in [0.29, 0.717) is 10.0 Å². The lowest BCUT2D eigenvalue weighted by atomic mass is 9.95. The van der Waals surface area contributed by atoms with Crippen LogP contribution < -0.4 is 5.73 Å². The van der Waals surface area contributed by atoms with Crippen LogP contribution in [0.25, 0.3) is 0 Å². The van der Waals surface area contributed by atoms with E-state index < -0.39 is 17.7 Å². The minimum Gasteiger partial charge on any atom is -0.320 e. The van der Waals surface area contributed by atoms with Gasteiger partial charge in [-0.15, -0.1) is 0 Å². The Kier molecular flexibility index (Phi) is 4.02. The Morgan fingerprint density at radius 1 is 1.00 bits per heavy atom. The first-order valence-electron chi connectivity index (χ1n) is 5.87. The maximum atomic E-state index is 13.9. The molecule has 2 aromatic carbocycles. The highest BCUT2D eigenvalue weighted by molar-refractivity contribution is 9.10. The Morgan fingerprint density at radius 3 is 2.11 bits per heavy atom. The summed E-state index contributed by atoms with van der Waals surface area (Å²) in [6.07, 6.45) is 0. The van der Waals surface area contributed by atoms with Crippen LogP contribution in [0.2, 0.25) is 0 Å². The molecule has 19 heavy (non-hydrogen) atoms. The highest BCUT2D eigenvalue weighted by Gasteiger charge is 2.19. The molecule has 0 aliphatic carbocycles. The van der Waals surface area contributed by atoms with E-state index in [2.05, 4.69) is 15.9 Å². The molecule has 1 unspecified atom stereocenters. The maximum absolute atomic E-state index is 13.9. The zero-order chi connectivity index (χ0) is 14.2. The monoisotopic (exact) mass is 325 g/mol. The second-order valence-corrected chi connectivity index (χ2v) is 5.52. The summed E-state index contributed by atoms with van der Waals surface area (Å²) in [5, 5.41) is 0. The number of benzene rings is 2. The van der Waals surface area contributed by atoms with Crippen molar-refractivity contribution in [1.82, 2.24) is 0 Å². The molecule has 100 valence electrons. The number of hydrogen-bond donors (Lipinski definition) is 1. The molecule has 0 aromatic heterocycles. The van der Waals surface area contributed by atoms with Crippen LogP contribution in [0.1, 0.15) is 28.3 Å². The molecule has 2 rings (SSSR count). The van der Waals surface area contributed by atoms with Crippen molar-refractivity contribution < 1.29 is 8.78 Å². The van der Waals surface area contributed by atoms with E-state index in [1.807, 2.05) is 26.0 Å². The molecule has 0 amide bonds. The molecule has 0 heterocycles. The number of aryl methyl sites for hydroxylation is 2. The van der Waals surface area contributed by atoms with Gasteiger partial charge in [-0.2, -0.15) is 0 Å². The molecule has 2 aromatic rings. The maximum Gasteiger partial charge on any atom is 0.132 e. The van der Waals surface area contributed by atoms with Crippen molar-refractivity contribution in [1.29, 1.82) is 0 Å². The molecule has 0 fully saturated rings. The van der Waals surface area contributed by atoms with Gasteiger partial charge < -0.3 is 5.73 Å². The first-order chi connectivity index (χ1) is 8.90. The predicted octanol–water partition coefficient (Wildman–Crippen LogP) is 4.39. The summed E-state index contributed by atoms with van der Waals surface area (Å²) < 4.78 is 28.1. The Morgan fingerprint density at radius 2 is 1.58 bits per heavy atom. The average Bonchev–Trinajstić information content (AvgIpc) is 2.31. The molecular weight excluding hydrogens is 312 g/mol. The lowest BCUT2D eigenvalue weighted by Gasteiger charge is -2.16. The fraction of sp³-hybridized carbons (Fsp3) is 0.200. The highest BCUT2D eigenvalue weighted by Crippen LogP contribution is 2.28. The van der Waals surface area contributed by atoms with Crippen molar-refractivity contribution in [2.24, 2.45) is 5.73 Å². The van der Waals surface area contributed by atoms with Crippen molar-refractivity contribution in [2.75, 3.05) is 0 Å². The van der Waals surface area contributed by atoms with Crippen LogP contribution in [-0.4, -0.2) is 0 Å². The molecule has 1 atom stereocenters. The van der Waals surface area contributed by atoms with Crippen molar-refractivity contribution >= 4 is 15.9 Å². The average molecular weight is 326 g/mol. The summed E-state index contributed by atoms with van der Waals surface area (Å²) in [4.78, 5) is 0. The van der Waals surface area contributed by atoms with Crippen LogP contribution >= 0.6 is 15.9 Å². The van der Waals surface area contributed by atoms with Gasteiger partial charge in [0.1, 0.15) is 11.6 Å². The van der Waals surface area contributed by atoms with Crippen LogP contribution in [0.4, 0.5) is 8.78 Å². The fourth-order valence-corrected chi connectivity index (χ4v) is 2.38. The smallest absolute Gasteiger partial charge is 0.132 e. The first-order valence-corrected chi connectivity index (χ1v) is 6.66. The molecule has 0 saturated heterocycles. The third kappa shape index (κ3) is 2.85. The van der Waals surface area contributed by atoms with Crippen LogP contribution in [0.5, 0.6) is 0 Å². The summed E-state index contributed by atoms with van der Waals surface area (Å²) in [6.45, 7) is 3.92. The zero-order valence-electron chi connectivity index (χ0n) is 10.7. The second-order valence-electron chi connectivity index (χ2n) is 4.60. The standard InChI is InChI=1S/C15H14BrF2N/c1-8-3-4-10(5-9(8)2)15(19)14-12(17)6-11(16)7-13(14)18/h3-7,15H,19H2,1-2H3. The van der Waals surface area contributed by atoms with E-state index in [9.17, 15) is 8.78 Å². The summed E-state index contributed by atoms with van der Waals surface area (Å²) in [5.41, 5.74) is 8.75. The normalized spacial score (nSPS) is 12.5. The summed E-state index contributed by atoms with van der Waals surface area (Å²) in [5.74, 6) is -1.28. The SMILES string of the molecule is Cc1ccc(C(N)c2c(F)cc(Br)cc2F)cc1C. The van der Waals surface area contributed by atoms with Crippen LogP contribution in [0, 0.1) is 25.5 Å². The third-order valence-corrected chi connectivity index (χ3v) is 3.70. The first kappa shape index (κ1) is 14.2. The molecule has 0 bridgehead atoms. The van der Waals surface area contributed by atoms with Gasteiger partial charge in [0, 0.05) is 10.0 Å². The molecule has 2 N–H and O–H groups in total. The number of hydrogen-bond acceptors (Lipinski definition) is 1. The Bertz CT molecular complexity index is 603. The van der Waals surface area contributed by atoms with Gasteiger partial charge in [0.25, 0.3) is 0 Å². The lowest BCUT2D eigenvalue weighted by molar-refractivity contribution is 0.542. The lowest BCUT2D eigenvalue weighted by Crippen LogP contribution is -2.16. The minimum absolute atomic E-state index is 0.105. The third-order valence-electron chi connectivity index (χ3n) is 3.24. The van der Waals surface area contributed by atoms with Gasteiger partial charge in [-0.05, 0) is 42.7 Å². The summed E-state index contributed by atoms with van der Waals surface area (Å²) in [6, 6.07) is 7.19. The van der Waals surface area contributed by atoms with Crippen molar-refractivity contribution in [2.45, 2.75) is 19.9 Å². The molecule has 0 aliphatic rings. The fourth-order valence-electron chi connectivity index (χ4n) is 1.98. The summed E-state index contributed by atoms with van der Waals surface area (Å²) >= 11 is 3.05. The van der Waals surface area contributed by atoms with E-state index in [-0.39, 0.29) is 5.56 Å². The van der Waals surface area contributed by atoms with Gasteiger partial charge in [-0.25, -0.2) is 8.78 Å². The number of rotatable bonds is 2. The van der Waals surface area contributed by atoms with E-state index in [0.717, 1.165) is 11.1 Å². The Balaban J connectivity index is 2.49. The van der Waals surface area contributed by atoms with E-state index in [1.165, 1.54) is 12.1 Å². The number of halogens is 3. The molecule has 1 nitrogen and oxygen atoms in total. The molecule has 0 saturated carbocycles. The van der Waals surface area contributed by atoms with E-state index in [4.69, 9.17) is 5.73 Å². The molecule has 0 radical (unpaired) electrons. The molecular formula is C15H14BrF2N. The van der Waals surface area contributed by atoms with Gasteiger partial charge in [-0.3, -0.25) is 0 Å². The second kappa shape index (κ2) is 5.39.